The maximum Gasteiger partial charge on any atom is 0.166 e. The zero-order valence-corrected chi connectivity index (χ0v) is 36.3. The molecule has 0 aliphatic heterocycles. The lowest BCUT2D eigenvalue weighted by Crippen LogP contribution is -2.04. The van der Waals surface area contributed by atoms with Gasteiger partial charge in [0.2, 0.25) is 0 Å². The summed E-state index contributed by atoms with van der Waals surface area (Å²) in [6, 6.07) is 74.5. The fraction of sp³-hybridized carbons (Fsp3) is 0. The topological polar surface area (TPSA) is 74.8 Å². The quantitative estimate of drug-likeness (QED) is 0.172. The SMILES string of the molecule is c1ccc(-n2c3ccccc3c3ccc(-c4nc(-c5ccc6oc7ccccc7c6c5)nc(-c5cc6oc7ccccc7c6cc5-n5c6ccccc6c6cc7ccccc7cc65)n4)cc32)cc1. The average Bonchev–Trinajstić information content (AvgIpc) is 4.14. The van der Waals surface area contributed by atoms with Crippen molar-refractivity contribution in [2.75, 3.05) is 0 Å². The second-order valence-corrected chi connectivity index (χ2v) is 17.6. The number of furan rings is 2. The van der Waals surface area contributed by atoms with Gasteiger partial charge in [-0.2, -0.15) is 0 Å². The van der Waals surface area contributed by atoms with E-state index < -0.39 is 0 Å². The minimum atomic E-state index is 0.523. The number of aromatic nitrogens is 5. The molecule has 0 amide bonds. The molecule has 7 nitrogen and oxygen atoms in total. The molecule has 0 spiro atoms. The van der Waals surface area contributed by atoms with Crippen LogP contribution in [0.1, 0.15) is 0 Å². The van der Waals surface area contributed by atoms with Gasteiger partial charge < -0.3 is 18.0 Å². The highest BCUT2D eigenvalue weighted by molar-refractivity contribution is 6.15. The van der Waals surface area contributed by atoms with E-state index in [0.29, 0.717) is 17.5 Å². The molecule has 0 saturated heterocycles. The van der Waals surface area contributed by atoms with Crippen LogP contribution < -0.4 is 0 Å². The van der Waals surface area contributed by atoms with Crippen LogP contribution in [0.15, 0.2) is 221 Å². The molecule has 0 N–H and O–H groups in total. The van der Waals surface area contributed by atoms with Crippen LogP contribution in [0.2, 0.25) is 0 Å². The second-order valence-electron chi connectivity index (χ2n) is 17.6. The van der Waals surface area contributed by atoms with Gasteiger partial charge in [-0.25, -0.2) is 15.0 Å². The van der Waals surface area contributed by atoms with Crippen molar-refractivity contribution in [2.45, 2.75) is 0 Å². The summed E-state index contributed by atoms with van der Waals surface area (Å²) in [7, 11) is 0. The summed E-state index contributed by atoms with van der Waals surface area (Å²) < 4.78 is 17.7. The predicted octanol–water partition coefficient (Wildman–Crippen LogP) is 16.0. The third-order valence-electron chi connectivity index (χ3n) is 13.7. The van der Waals surface area contributed by atoms with E-state index in [1.165, 1.54) is 16.2 Å². The van der Waals surface area contributed by atoms with Gasteiger partial charge in [-0.05, 0) is 95.7 Å². The van der Waals surface area contributed by atoms with Crippen molar-refractivity contribution in [3.63, 3.8) is 0 Å². The normalized spacial score (nSPS) is 12.1. The molecule has 0 fully saturated rings. The van der Waals surface area contributed by atoms with E-state index in [1.807, 2.05) is 42.5 Å². The van der Waals surface area contributed by atoms with Crippen LogP contribution in [-0.2, 0) is 0 Å². The van der Waals surface area contributed by atoms with Crippen molar-refractivity contribution >= 4 is 98.3 Å². The highest BCUT2D eigenvalue weighted by Crippen LogP contribution is 2.43. The third kappa shape index (κ3) is 5.44. The van der Waals surface area contributed by atoms with E-state index in [2.05, 4.69) is 179 Å². The van der Waals surface area contributed by atoms with E-state index >= 15 is 0 Å². The Hall–Kier alpha value is -9.33. The Morgan fingerprint density at radius 3 is 1.56 bits per heavy atom. The van der Waals surface area contributed by atoms with Gasteiger partial charge in [0.05, 0.1) is 27.8 Å². The van der Waals surface area contributed by atoms with Crippen molar-refractivity contribution in [1.29, 1.82) is 0 Å². The molecule has 5 aromatic heterocycles. The van der Waals surface area contributed by atoms with Crippen LogP contribution in [-0.4, -0.2) is 24.1 Å². The number of nitrogens with zero attached hydrogens (tertiary/aromatic N) is 5. The van der Waals surface area contributed by atoms with Gasteiger partial charge in [0, 0.05) is 65.5 Å². The Morgan fingerprint density at radius 2 is 0.809 bits per heavy atom. The molecule has 0 atom stereocenters. The van der Waals surface area contributed by atoms with E-state index in [4.69, 9.17) is 23.8 Å². The van der Waals surface area contributed by atoms with Gasteiger partial charge >= 0.3 is 0 Å². The number of benzene rings is 10. The molecule has 68 heavy (non-hydrogen) atoms. The molecule has 0 aliphatic carbocycles. The fourth-order valence-electron chi connectivity index (χ4n) is 10.6. The first kappa shape index (κ1) is 36.9. The Balaban J connectivity index is 1.05. The van der Waals surface area contributed by atoms with Gasteiger partial charge in [-0.1, -0.05) is 127 Å². The molecule has 316 valence electrons. The van der Waals surface area contributed by atoms with Crippen LogP contribution in [0.5, 0.6) is 0 Å². The summed E-state index contributed by atoms with van der Waals surface area (Å²) >= 11 is 0. The lowest BCUT2D eigenvalue weighted by atomic mass is 10.0. The second kappa shape index (κ2) is 14.1. The zero-order chi connectivity index (χ0) is 44.5. The molecular formula is C61H35N5O2. The third-order valence-corrected chi connectivity index (χ3v) is 13.7. The molecule has 0 aliphatic rings. The molecule has 7 heteroatoms. The van der Waals surface area contributed by atoms with Gasteiger partial charge in [0.15, 0.2) is 17.5 Å². The first-order chi connectivity index (χ1) is 33.7. The van der Waals surface area contributed by atoms with Gasteiger partial charge in [0.25, 0.3) is 0 Å². The van der Waals surface area contributed by atoms with Crippen molar-refractivity contribution in [2.24, 2.45) is 0 Å². The van der Waals surface area contributed by atoms with E-state index in [9.17, 15) is 0 Å². The van der Waals surface area contributed by atoms with Crippen LogP contribution >= 0.6 is 0 Å². The summed E-state index contributed by atoms with van der Waals surface area (Å²) in [5.41, 5.74) is 12.1. The van der Waals surface area contributed by atoms with E-state index in [-0.39, 0.29) is 0 Å². The standard InChI is InChI=1S/C61H35N5O2/c1-2-16-40(17-3-1)65-50-22-10-6-18-41(50)43-28-26-39(33-52(43)65)60-62-59(38-27-29-57-47(31-38)44-20-8-12-24-55(44)67-57)63-61(64-60)49-35-58-48(45-21-9-13-25-56(45)68-58)34-54(49)66-51-23-11-7-19-42(51)46-30-36-14-4-5-15-37(36)32-53(46)66/h1-35H. The summed E-state index contributed by atoms with van der Waals surface area (Å²) in [4.78, 5) is 16.3. The lowest BCUT2D eigenvalue weighted by molar-refractivity contribution is 0.668. The largest absolute Gasteiger partial charge is 0.456 e. The van der Waals surface area contributed by atoms with Crippen molar-refractivity contribution < 1.29 is 8.83 Å². The van der Waals surface area contributed by atoms with E-state index in [1.54, 1.807) is 0 Å². The first-order valence-corrected chi connectivity index (χ1v) is 22.8. The summed E-state index contributed by atoms with van der Waals surface area (Å²) in [6.45, 7) is 0. The minimum Gasteiger partial charge on any atom is -0.456 e. The number of hydrogen-bond acceptors (Lipinski definition) is 5. The Bertz CT molecular complexity index is 4570. The molecule has 15 rings (SSSR count). The van der Waals surface area contributed by atoms with Gasteiger partial charge in [-0.3, -0.25) is 0 Å². The number of hydrogen-bond donors (Lipinski definition) is 0. The van der Waals surface area contributed by atoms with Crippen LogP contribution in [0.25, 0.3) is 144 Å². The van der Waals surface area contributed by atoms with Crippen molar-refractivity contribution in [1.82, 2.24) is 24.1 Å². The fourth-order valence-corrected chi connectivity index (χ4v) is 10.6. The Labute approximate surface area is 387 Å². The predicted molar refractivity (Wildman–Crippen MR) is 277 cm³/mol. The zero-order valence-electron chi connectivity index (χ0n) is 36.3. The summed E-state index contributed by atoms with van der Waals surface area (Å²) in [5, 5.41) is 11.1. The molecule has 0 unspecified atom stereocenters. The Kier molecular flexibility index (Phi) is 7.65. The smallest absolute Gasteiger partial charge is 0.166 e. The molecule has 0 saturated carbocycles. The Morgan fingerprint density at radius 1 is 0.294 bits per heavy atom. The maximum absolute atomic E-state index is 6.67. The van der Waals surface area contributed by atoms with Gasteiger partial charge in [-0.15, -0.1) is 0 Å². The van der Waals surface area contributed by atoms with Crippen LogP contribution in [0.3, 0.4) is 0 Å². The van der Waals surface area contributed by atoms with Gasteiger partial charge in [0.1, 0.15) is 22.3 Å². The molecule has 5 heterocycles. The molecule has 10 aromatic carbocycles. The molecular weight excluding hydrogens is 835 g/mol. The van der Waals surface area contributed by atoms with Crippen molar-refractivity contribution in [3.05, 3.63) is 212 Å². The molecule has 15 aromatic rings. The summed E-state index contributed by atoms with van der Waals surface area (Å²) in [6.07, 6.45) is 0. The number of para-hydroxylation sites is 5. The highest BCUT2D eigenvalue weighted by atomic mass is 16.3. The number of fused-ring (bicyclic) bond motifs is 13. The number of rotatable bonds is 5. The van der Waals surface area contributed by atoms with Crippen LogP contribution in [0, 0.1) is 0 Å². The monoisotopic (exact) mass is 869 g/mol. The lowest BCUT2D eigenvalue weighted by Gasteiger charge is -2.15. The highest BCUT2D eigenvalue weighted by Gasteiger charge is 2.24. The summed E-state index contributed by atoms with van der Waals surface area (Å²) in [5.74, 6) is 1.62. The van der Waals surface area contributed by atoms with E-state index in [0.717, 1.165) is 110 Å². The minimum absolute atomic E-state index is 0.523. The molecule has 0 bridgehead atoms. The molecule has 0 radical (unpaired) electrons. The maximum atomic E-state index is 6.67. The first-order valence-electron chi connectivity index (χ1n) is 22.8. The van der Waals surface area contributed by atoms with Crippen molar-refractivity contribution in [3.8, 4) is 45.5 Å². The van der Waals surface area contributed by atoms with Crippen LogP contribution in [0.4, 0.5) is 0 Å². The average molecular weight is 870 g/mol.